The van der Waals surface area contributed by atoms with Crippen LogP contribution in [0.25, 0.3) is 0 Å². The molecule has 0 heterocycles. The van der Waals surface area contributed by atoms with Gasteiger partial charge in [0, 0.05) is 6.54 Å². The molecule has 0 saturated carbocycles. The van der Waals surface area contributed by atoms with Crippen LogP contribution in [0.2, 0.25) is 0 Å². The van der Waals surface area contributed by atoms with Crippen LogP contribution in [0.3, 0.4) is 0 Å². The molecule has 0 aromatic carbocycles. The zero-order chi connectivity index (χ0) is 12.4. The Balaban J connectivity index is 3.31. The van der Waals surface area contributed by atoms with Gasteiger partial charge in [-0.05, 0) is 24.9 Å². The Morgan fingerprint density at radius 3 is 2.44 bits per heavy atom. The third kappa shape index (κ3) is 11.5. The normalized spacial score (nSPS) is 11.2. The summed E-state index contributed by atoms with van der Waals surface area (Å²) in [6, 6.07) is -0.762. The first-order chi connectivity index (χ1) is 7.45. The van der Waals surface area contributed by atoms with Crippen LogP contribution in [0.1, 0.15) is 19.3 Å². The Morgan fingerprint density at radius 2 is 1.88 bits per heavy atom. The molecule has 0 saturated heterocycles. The van der Waals surface area contributed by atoms with E-state index in [1.807, 2.05) is 6.26 Å². The number of hydrogen-bond acceptors (Lipinski definition) is 2. The number of carbonyl (C=O) groups excluding carboxylic acids is 1. The highest BCUT2D eigenvalue weighted by atomic mass is 32.2. The Labute approximate surface area is 97.5 Å². The van der Waals surface area contributed by atoms with Crippen molar-refractivity contribution < 1.29 is 18.0 Å². The minimum atomic E-state index is -4.35. The standard InChI is InChI=1S/C9H17F3N2OS/c1-16-6-4-2-3-5-13-8(15)14-7-9(10,11)12/h2-7H2,1H3,(H2,13,14,15). The van der Waals surface area contributed by atoms with Crippen molar-refractivity contribution in [2.45, 2.75) is 25.4 Å². The molecule has 96 valence electrons. The third-order valence-electron chi connectivity index (χ3n) is 1.76. The summed E-state index contributed by atoms with van der Waals surface area (Å²) in [5.74, 6) is 1.07. The number of rotatable bonds is 7. The fraction of sp³-hybridized carbons (Fsp3) is 0.889. The summed E-state index contributed by atoms with van der Waals surface area (Å²) in [7, 11) is 0. The van der Waals surface area contributed by atoms with Crippen LogP contribution in [-0.2, 0) is 0 Å². The summed E-state index contributed by atoms with van der Waals surface area (Å²) >= 11 is 1.75. The number of alkyl halides is 3. The van der Waals surface area contributed by atoms with Gasteiger partial charge in [-0.1, -0.05) is 6.42 Å². The fourth-order valence-corrected chi connectivity index (χ4v) is 1.49. The van der Waals surface area contributed by atoms with E-state index in [4.69, 9.17) is 0 Å². The maximum atomic E-state index is 11.7. The van der Waals surface area contributed by atoms with Crippen molar-refractivity contribution in [3.8, 4) is 0 Å². The summed E-state index contributed by atoms with van der Waals surface area (Å²) in [5.41, 5.74) is 0. The molecule has 0 fully saturated rings. The molecule has 0 radical (unpaired) electrons. The van der Waals surface area contributed by atoms with Gasteiger partial charge < -0.3 is 10.6 Å². The number of thioether (sulfide) groups is 1. The molecule has 2 N–H and O–H groups in total. The van der Waals surface area contributed by atoms with Gasteiger partial charge in [0.15, 0.2) is 0 Å². The van der Waals surface area contributed by atoms with Gasteiger partial charge in [0.2, 0.25) is 0 Å². The van der Waals surface area contributed by atoms with Crippen LogP contribution >= 0.6 is 11.8 Å². The van der Waals surface area contributed by atoms with Crippen LogP contribution in [0.5, 0.6) is 0 Å². The molecule has 16 heavy (non-hydrogen) atoms. The predicted molar refractivity (Wildman–Crippen MR) is 59.7 cm³/mol. The van der Waals surface area contributed by atoms with Gasteiger partial charge in [-0.3, -0.25) is 0 Å². The average Bonchev–Trinajstić information content (AvgIpc) is 2.19. The lowest BCUT2D eigenvalue weighted by molar-refractivity contribution is -0.122. The highest BCUT2D eigenvalue weighted by Gasteiger charge is 2.27. The zero-order valence-electron chi connectivity index (χ0n) is 9.19. The SMILES string of the molecule is CSCCCCCNC(=O)NCC(F)(F)F. The van der Waals surface area contributed by atoms with E-state index in [2.05, 4.69) is 5.32 Å². The van der Waals surface area contributed by atoms with Crippen molar-refractivity contribution >= 4 is 17.8 Å². The summed E-state index contributed by atoms with van der Waals surface area (Å²) in [4.78, 5) is 10.9. The number of unbranched alkanes of at least 4 members (excludes halogenated alkanes) is 2. The van der Waals surface area contributed by atoms with Crippen LogP contribution < -0.4 is 10.6 Å². The van der Waals surface area contributed by atoms with E-state index in [1.165, 1.54) is 0 Å². The van der Waals surface area contributed by atoms with Crippen LogP contribution in [-0.4, -0.2) is 37.3 Å². The second-order valence-corrected chi connectivity index (χ2v) is 4.26. The fourth-order valence-electron chi connectivity index (χ4n) is 0.993. The zero-order valence-corrected chi connectivity index (χ0v) is 10.0. The van der Waals surface area contributed by atoms with Gasteiger partial charge >= 0.3 is 12.2 Å². The summed E-state index contributed by atoms with van der Waals surface area (Å²) in [6.45, 7) is -0.872. The highest BCUT2D eigenvalue weighted by Crippen LogP contribution is 2.11. The van der Waals surface area contributed by atoms with Crippen molar-refractivity contribution in [2.75, 3.05) is 25.1 Å². The van der Waals surface area contributed by atoms with E-state index in [9.17, 15) is 18.0 Å². The smallest absolute Gasteiger partial charge is 0.338 e. The van der Waals surface area contributed by atoms with E-state index < -0.39 is 18.8 Å². The van der Waals surface area contributed by atoms with Gasteiger partial charge in [-0.25, -0.2) is 4.79 Å². The first-order valence-electron chi connectivity index (χ1n) is 5.03. The third-order valence-corrected chi connectivity index (χ3v) is 2.46. The molecule has 0 aliphatic carbocycles. The van der Waals surface area contributed by atoms with Gasteiger partial charge in [-0.15, -0.1) is 0 Å². The van der Waals surface area contributed by atoms with Gasteiger partial charge in [0.1, 0.15) is 6.54 Å². The molecule has 0 atom stereocenters. The molecule has 0 unspecified atom stereocenters. The Kier molecular flexibility index (Phi) is 8.23. The van der Waals surface area contributed by atoms with Crippen LogP contribution in [0, 0.1) is 0 Å². The van der Waals surface area contributed by atoms with Crippen molar-refractivity contribution in [3.05, 3.63) is 0 Å². The molecule has 0 spiro atoms. The lowest BCUT2D eigenvalue weighted by Crippen LogP contribution is -2.41. The Hall–Kier alpha value is -0.590. The first-order valence-corrected chi connectivity index (χ1v) is 6.42. The van der Waals surface area contributed by atoms with Crippen molar-refractivity contribution in [1.82, 2.24) is 10.6 Å². The van der Waals surface area contributed by atoms with Crippen molar-refractivity contribution in [2.24, 2.45) is 0 Å². The Morgan fingerprint density at radius 1 is 1.19 bits per heavy atom. The van der Waals surface area contributed by atoms with E-state index in [1.54, 1.807) is 17.1 Å². The quantitative estimate of drug-likeness (QED) is 0.688. The van der Waals surface area contributed by atoms with E-state index in [-0.39, 0.29) is 0 Å². The summed E-state index contributed by atoms with van der Waals surface area (Å²) in [6.07, 6.45) is 0.492. The Bertz CT molecular complexity index is 200. The minimum absolute atomic E-state index is 0.415. The number of hydrogen-bond donors (Lipinski definition) is 2. The number of carbonyl (C=O) groups is 1. The molecule has 7 heteroatoms. The second-order valence-electron chi connectivity index (χ2n) is 3.28. The highest BCUT2D eigenvalue weighted by molar-refractivity contribution is 7.98. The van der Waals surface area contributed by atoms with Crippen molar-refractivity contribution in [1.29, 1.82) is 0 Å². The first kappa shape index (κ1) is 15.4. The molecule has 0 aromatic rings. The van der Waals surface area contributed by atoms with Gasteiger partial charge in [0.05, 0.1) is 0 Å². The maximum Gasteiger partial charge on any atom is 0.405 e. The second kappa shape index (κ2) is 8.55. The molecular weight excluding hydrogens is 241 g/mol. The van der Waals surface area contributed by atoms with E-state index in [0.29, 0.717) is 6.54 Å². The van der Waals surface area contributed by atoms with Crippen LogP contribution in [0.15, 0.2) is 0 Å². The van der Waals surface area contributed by atoms with Gasteiger partial charge in [0.25, 0.3) is 0 Å². The lowest BCUT2D eigenvalue weighted by Gasteiger charge is -2.09. The number of amides is 2. The number of urea groups is 1. The van der Waals surface area contributed by atoms with E-state index >= 15 is 0 Å². The monoisotopic (exact) mass is 258 g/mol. The molecule has 2 amide bonds. The molecule has 0 rings (SSSR count). The number of nitrogens with one attached hydrogen (secondary N) is 2. The minimum Gasteiger partial charge on any atom is -0.338 e. The average molecular weight is 258 g/mol. The largest absolute Gasteiger partial charge is 0.405 e. The molecule has 3 nitrogen and oxygen atoms in total. The molecule has 0 bridgehead atoms. The van der Waals surface area contributed by atoms with Gasteiger partial charge in [-0.2, -0.15) is 24.9 Å². The topological polar surface area (TPSA) is 41.1 Å². The van der Waals surface area contributed by atoms with Crippen LogP contribution in [0.4, 0.5) is 18.0 Å². The molecule has 0 aromatic heterocycles. The predicted octanol–water partition coefficient (Wildman–Crippen LogP) is 2.38. The van der Waals surface area contributed by atoms with Crippen molar-refractivity contribution in [3.63, 3.8) is 0 Å². The molecular formula is C9H17F3N2OS. The lowest BCUT2D eigenvalue weighted by atomic mass is 10.2. The number of halogens is 3. The molecule has 0 aliphatic heterocycles. The summed E-state index contributed by atoms with van der Waals surface area (Å²) < 4.78 is 35.1. The molecule has 0 aliphatic rings. The van der Waals surface area contributed by atoms with E-state index in [0.717, 1.165) is 25.0 Å². The maximum absolute atomic E-state index is 11.7. The summed E-state index contributed by atoms with van der Waals surface area (Å²) in [5, 5.41) is 4.12.